The molecule has 2 N–H and O–H groups in total. The van der Waals surface area contributed by atoms with Crippen molar-refractivity contribution in [2.75, 3.05) is 69.6 Å². The van der Waals surface area contributed by atoms with Gasteiger partial charge in [0, 0.05) is 60.8 Å². The first-order valence-corrected chi connectivity index (χ1v) is 55.2. The highest BCUT2D eigenvalue weighted by molar-refractivity contribution is 7.93. The van der Waals surface area contributed by atoms with Gasteiger partial charge < -0.3 is 114 Å². The Kier molecular flexibility index (Phi) is 47.4. The predicted molar refractivity (Wildman–Crippen MR) is 575 cm³/mol. The number of rotatable bonds is 44. The molecule has 0 radical (unpaired) electrons. The van der Waals surface area contributed by atoms with Crippen molar-refractivity contribution in [3.05, 3.63) is 286 Å². The molecule has 0 saturated carbocycles. The van der Waals surface area contributed by atoms with Crippen LogP contribution < -0.4 is 42.6 Å². The fourth-order valence-corrected chi connectivity index (χ4v) is 16.6. The lowest BCUT2D eigenvalue weighted by Crippen LogP contribution is -2.37. The van der Waals surface area contributed by atoms with Gasteiger partial charge in [-0.1, -0.05) is 194 Å². The Morgan fingerprint density at radius 2 is 0.940 bits per heavy atom. The van der Waals surface area contributed by atoms with Gasteiger partial charge in [0.15, 0.2) is 37.7 Å². The summed E-state index contributed by atoms with van der Waals surface area (Å²) in [4.78, 5) is 66.3. The van der Waals surface area contributed by atoms with Gasteiger partial charge in [-0.15, -0.1) is 0 Å². The summed E-state index contributed by atoms with van der Waals surface area (Å²) >= 11 is 0. The van der Waals surface area contributed by atoms with Crippen LogP contribution in [0, 0.1) is 23.7 Å². The van der Waals surface area contributed by atoms with Crippen LogP contribution in [-0.2, 0) is 92.2 Å². The smallest absolute Gasteiger partial charge is 0.342 e. The third-order valence-electron chi connectivity index (χ3n) is 24.3. The quantitative estimate of drug-likeness (QED) is 0.00894. The van der Waals surface area contributed by atoms with Crippen LogP contribution in [0.5, 0.6) is 51.7 Å². The van der Waals surface area contributed by atoms with Crippen LogP contribution >= 0.6 is 8.02 Å². The Morgan fingerprint density at radius 3 is 1.37 bits per heavy atom. The van der Waals surface area contributed by atoms with E-state index in [1.54, 1.807) is 145 Å². The monoisotopic (exact) mass is 2110 g/mol. The van der Waals surface area contributed by atoms with Crippen molar-refractivity contribution in [3.8, 4) is 51.7 Å². The van der Waals surface area contributed by atoms with Gasteiger partial charge in [0.05, 0.1) is 69.6 Å². The van der Waals surface area contributed by atoms with E-state index in [2.05, 4.69) is 46.7 Å². The number of aliphatic hydroxyl groups excluding tert-OH is 1. The molecule has 12 rings (SSSR count). The minimum absolute atomic E-state index is 0.0208. The molecule has 0 aliphatic carbocycles. The molecule has 3 fully saturated rings. The standard InChI is InChI=1S/C44H58O10Si.C39H46O11.C33H42O8.HOPS/c1-10-31(2)19-24-37(52-42(45)33-15-12-11-13-16-33)41-38(53-44(3,4)54-41)18-14-17-34-27-36(50-29-32-20-22-35(48-6)23-21-32)28-39(51-30-47-5)40(34)43(46)49-25-26-55(7,8)9;1-25(26(2)40)15-20-32(48-38(43)28-11-8-7-9-12-28)36-33(49-39(3,4)50-36)14-10-13-29-21-31(22-34(47-24-44-5)35(29)37(41)42)46-23-27-16-18-30(45-6)19-17-27;1-21-11-12-22(2)31-28(40-33(4,5)41-31)10-8-9-25-17-27(37-19-24-13-15-26(36-7)16-14-24)18-29(38-20-35-6)30(25)32(34)39-23(21)3;1-3-2/h11-17,19-24,27-28,31,37-38,41H,10,18,25-26,29-30H2,1-9H3;7-13,15-22,25-26,32-33,36,40H,14,23-24H2,1-6H3,(H,41,42);8-9,11-18,21-23,28,31H,10,19-20H2,1-7H3;2H/b17-14+,24-19-;13-10+,20-15-;9-8+,12-11-;/t31?,37?,38-,41?;25?,26?,32?,33-,36?;;/m00../s1/i10T;;;/t10?,31?,37?,38-,41?;;;. The number of esters is 4. The van der Waals surface area contributed by atoms with E-state index in [0.717, 1.165) is 40.0 Å². The third-order valence-corrected chi connectivity index (χ3v) is 26.0. The van der Waals surface area contributed by atoms with Crippen LogP contribution in [0.2, 0.25) is 25.7 Å². The number of benzene rings is 8. The van der Waals surface area contributed by atoms with Gasteiger partial charge in [0.2, 0.25) is 0 Å². The molecule has 0 aromatic heterocycles. The lowest BCUT2D eigenvalue weighted by Gasteiger charge is -2.25. The number of cyclic esters (lactones) is 1. The van der Waals surface area contributed by atoms with Gasteiger partial charge in [-0.2, -0.15) is 0 Å². The first-order valence-electron chi connectivity index (χ1n) is 50.1. The Morgan fingerprint density at radius 1 is 0.523 bits per heavy atom. The maximum Gasteiger partial charge on any atom is 0.342 e. The molecule has 806 valence electrons. The molecule has 4 heterocycles. The number of methoxy groups -OCH3 is 6. The van der Waals surface area contributed by atoms with E-state index in [-0.39, 0.29) is 118 Å². The van der Waals surface area contributed by atoms with Crippen LogP contribution in [0.1, 0.15) is 202 Å². The summed E-state index contributed by atoms with van der Waals surface area (Å²) in [6, 6.07) is 50.9. The van der Waals surface area contributed by atoms with E-state index in [1.807, 2.05) is 184 Å². The minimum Gasteiger partial charge on any atom is -0.497 e. The van der Waals surface area contributed by atoms with Crippen molar-refractivity contribution >= 4 is 75.0 Å². The van der Waals surface area contributed by atoms with E-state index >= 15 is 0 Å². The van der Waals surface area contributed by atoms with E-state index in [9.17, 15) is 34.2 Å². The third kappa shape index (κ3) is 38.7. The van der Waals surface area contributed by atoms with Crippen molar-refractivity contribution in [3.63, 3.8) is 0 Å². The molecular formula is C116H147O30PSSi. The SMILES string of the molecule is COCOc1cc(OCc2ccc(OC)cc2)cc(/C=C/C[C@@H]2OC(C)(C)OC2C(/C=C\C(C)C(C)O)OC(=O)c2ccccc2)c1C(=O)O.COCOc1cc(OCc2ccc(OC)cc2)cc2c1C(=O)OC(C)C(C)/C=C\C(C)C1OC(C)(C)OC1C/C=C/2.O=S=P.[3H]C(C)C(C)/C=C\C(OC(=O)c1ccccc1)C1OC(C)(C)O[C@H]1C/C=C/c1cc(OCc2ccc(OC)cc2)cc(OCOC)c1C(=O)OCC[Si](C)(C)C. The normalized spacial score (nSPS) is 20.9. The Labute approximate surface area is 884 Å². The van der Waals surface area contributed by atoms with Gasteiger partial charge in [0.1, 0.15) is 130 Å². The number of carbonyl (C=O) groups is 5. The first-order chi connectivity index (χ1) is 71.5. The minimum atomic E-state index is -1.48. The number of aliphatic hydroxyl groups is 1. The molecule has 0 spiro atoms. The second-order valence-electron chi connectivity index (χ2n) is 38.6. The molecule has 30 nitrogen and oxygen atoms in total. The number of carbonyl (C=O) groups excluding carboxylic acids is 4. The number of ether oxygens (including phenoxy) is 22. The Balaban J connectivity index is 0.000000249. The van der Waals surface area contributed by atoms with E-state index in [1.165, 1.54) is 27.4 Å². The molecule has 8 aromatic carbocycles. The summed E-state index contributed by atoms with van der Waals surface area (Å²) < 4.78 is 146. The lowest BCUT2D eigenvalue weighted by molar-refractivity contribution is -0.153. The molecule has 13 unspecified atom stereocenters. The molecule has 0 bridgehead atoms. The molecule has 4 aliphatic heterocycles. The second-order valence-corrected chi connectivity index (χ2v) is 44.9. The number of allylic oxidation sites excluding steroid dienone is 1. The number of hydrogen-bond donors (Lipinski definition) is 2. The molecule has 8 aromatic rings. The summed E-state index contributed by atoms with van der Waals surface area (Å²) in [5, 5.41) is 20.3. The van der Waals surface area contributed by atoms with Crippen LogP contribution in [0.15, 0.2) is 225 Å². The topological polar surface area (TPSA) is 346 Å². The molecule has 15 atom stereocenters. The van der Waals surface area contributed by atoms with Crippen molar-refractivity contribution in [2.45, 2.75) is 240 Å². The predicted octanol–water partition coefficient (Wildman–Crippen LogP) is 23.0. The number of hydrogen-bond acceptors (Lipinski definition) is 29. The molecule has 33 heteroatoms. The van der Waals surface area contributed by atoms with Gasteiger partial charge in [-0.25, -0.2) is 28.2 Å². The highest BCUT2D eigenvalue weighted by Gasteiger charge is 2.48. The van der Waals surface area contributed by atoms with Crippen LogP contribution in [-0.4, -0.2) is 200 Å². The zero-order valence-electron chi connectivity index (χ0n) is 90.3. The molecule has 149 heavy (non-hydrogen) atoms. The van der Waals surface area contributed by atoms with Gasteiger partial charge in [-0.3, -0.25) is 0 Å². The number of fused-ring (bicyclic) bond motifs is 2. The van der Waals surface area contributed by atoms with E-state index in [4.69, 9.17) is 110 Å². The highest BCUT2D eigenvalue weighted by atomic mass is 32.4. The summed E-state index contributed by atoms with van der Waals surface area (Å²) in [6.45, 7) is 31.8. The zero-order chi connectivity index (χ0) is 109. The number of aromatic carboxylic acids is 1. The van der Waals surface area contributed by atoms with E-state index < -0.39 is 98.0 Å². The van der Waals surface area contributed by atoms with Crippen LogP contribution in [0.4, 0.5) is 0 Å². The highest BCUT2D eigenvalue weighted by Crippen LogP contribution is 2.42. The number of carboxylic acid groups (broad SMARTS) is 1. The fourth-order valence-electron chi connectivity index (χ4n) is 15.9. The second kappa shape index (κ2) is 59.5. The fraction of sp³-hybridized carbons (Fsp3) is 0.440. The average Bonchev–Trinajstić information content (AvgIpc) is 1.40. The summed E-state index contributed by atoms with van der Waals surface area (Å²) in [5.41, 5.74) is 5.51. The van der Waals surface area contributed by atoms with Crippen molar-refractivity contribution in [1.82, 2.24) is 0 Å². The largest absolute Gasteiger partial charge is 0.497 e. The maximum atomic E-state index is 13.8. The van der Waals surface area contributed by atoms with Gasteiger partial charge in [-0.05, 0) is 225 Å². The Bertz CT molecular complexity index is 5840. The lowest BCUT2D eigenvalue weighted by atomic mass is 9.94. The number of carboxylic acids is 1. The summed E-state index contributed by atoms with van der Waals surface area (Å²) in [5.74, 6) is -1.83. The van der Waals surface area contributed by atoms with Gasteiger partial charge in [0.25, 0.3) is 0 Å². The van der Waals surface area contributed by atoms with E-state index in [0.29, 0.717) is 86.7 Å². The van der Waals surface area contributed by atoms with Crippen molar-refractivity contribution in [2.24, 2.45) is 23.7 Å². The van der Waals surface area contributed by atoms with Crippen molar-refractivity contribution in [1.29, 1.82) is 0 Å². The molecular weight excluding hydrogens is 1960 g/mol. The maximum absolute atomic E-state index is 13.8. The molecule has 3 saturated heterocycles. The van der Waals surface area contributed by atoms with Crippen molar-refractivity contribution < 1.29 is 144 Å². The van der Waals surface area contributed by atoms with Crippen LogP contribution in [0.25, 0.3) is 18.2 Å². The molecule has 4 aliphatic rings. The average molecular weight is 2110 g/mol. The van der Waals surface area contributed by atoms with Crippen LogP contribution in [0.3, 0.4) is 0 Å². The van der Waals surface area contributed by atoms with Gasteiger partial charge >= 0.3 is 29.8 Å². The first kappa shape index (κ1) is 119. The Hall–Kier alpha value is -12.1. The zero-order valence-corrected chi connectivity index (χ0v) is 92.1. The summed E-state index contributed by atoms with van der Waals surface area (Å²) in [6.07, 6.45) is 17.8. The summed E-state index contributed by atoms with van der Waals surface area (Å²) in [7, 11) is 10.7. The molecule has 0 amide bonds.